The lowest BCUT2D eigenvalue weighted by molar-refractivity contribution is -0.0282. The van der Waals surface area contributed by atoms with Crippen molar-refractivity contribution < 1.29 is 0 Å². The molecule has 0 heterocycles. The van der Waals surface area contributed by atoms with Gasteiger partial charge in [-0.3, -0.25) is 0 Å². The van der Waals surface area contributed by atoms with Gasteiger partial charge in [-0.05, 0) is 55.3 Å². The van der Waals surface area contributed by atoms with Gasteiger partial charge in [0, 0.05) is 0 Å². The molecule has 0 spiro atoms. The highest BCUT2D eigenvalue weighted by molar-refractivity contribution is 4.98. The lowest BCUT2D eigenvalue weighted by Crippen LogP contribution is -2.42. The minimum Gasteiger partial charge on any atom is -0.0683 e. The molecular weight excluding hydrogens is 168 g/mol. The molecule has 14 heavy (non-hydrogen) atoms. The molecule has 2 bridgehead atoms. The summed E-state index contributed by atoms with van der Waals surface area (Å²) in [5.74, 6) is 0.919. The molecule has 0 radical (unpaired) electrons. The van der Waals surface area contributed by atoms with E-state index in [9.17, 15) is 0 Å². The second-order valence-electron chi connectivity index (χ2n) is 5.83. The van der Waals surface area contributed by atoms with Gasteiger partial charge in [0.2, 0.25) is 0 Å². The van der Waals surface area contributed by atoms with Crippen LogP contribution in [0.15, 0.2) is 0 Å². The van der Waals surface area contributed by atoms with Gasteiger partial charge in [-0.2, -0.15) is 0 Å². The van der Waals surface area contributed by atoms with Crippen molar-refractivity contribution in [2.45, 2.75) is 73.1 Å². The molecule has 0 N–H and O–H groups in total. The van der Waals surface area contributed by atoms with E-state index in [1.165, 1.54) is 38.5 Å². The molecule has 0 unspecified atom stereocenters. The molecule has 0 aliphatic heterocycles. The lowest BCUT2D eigenvalue weighted by Gasteiger charge is -2.54. The Bertz CT molecular complexity index is 154. The number of rotatable bonds is 1. The van der Waals surface area contributed by atoms with Crippen LogP contribution in [0.1, 0.15) is 73.1 Å². The van der Waals surface area contributed by atoms with Crippen LogP contribution >= 0.6 is 0 Å². The lowest BCUT2D eigenvalue weighted by atomic mass is 9.51. The fourth-order valence-electron chi connectivity index (χ4n) is 3.27. The average Bonchev–Trinajstić information content (AvgIpc) is 2.22. The standard InChI is InChI=1S/C12H22.C2H6/c1-10(2)12-7-4-11(3,5-8-12)6-9-12;1-2/h10H,4-9H2,1-3H3;1-2H3. The quantitative estimate of drug-likeness (QED) is 0.552. The minimum atomic E-state index is 0.747. The van der Waals surface area contributed by atoms with Crippen LogP contribution in [0.25, 0.3) is 0 Å². The molecule has 0 heteroatoms. The summed E-state index contributed by atoms with van der Waals surface area (Å²) in [4.78, 5) is 0. The van der Waals surface area contributed by atoms with E-state index in [0.29, 0.717) is 0 Å². The molecule has 3 fully saturated rings. The van der Waals surface area contributed by atoms with E-state index in [4.69, 9.17) is 0 Å². The first-order valence-corrected chi connectivity index (χ1v) is 6.56. The number of hydrogen-bond acceptors (Lipinski definition) is 0. The Morgan fingerprint density at radius 2 is 1.14 bits per heavy atom. The fourth-order valence-corrected chi connectivity index (χ4v) is 3.27. The van der Waals surface area contributed by atoms with E-state index in [0.717, 1.165) is 16.7 Å². The van der Waals surface area contributed by atoms with Crippen molar-refractivity contribution >= 4 is 0 Å². The van der Waals surface area contributed by atoms with Crippen molar-refractivity contribution in [1.82, 2.24) is 0 Å². The first-order chi connectivity index (χ1) is 6.56. The van der Waals surface area contributed by atoms with Gasteiger partial charge in [0.05, 0.1) is 0 Å². The number of fused-ring (bicyclic) bond motifs is 3. The molecule has 0 aromatic rings. The van der Waals surface area contributed by atoms with Gasteiger partial charge in [-0.25, -0.2) is 0 Å². The zero-order valence-electron chi connectivity index (χ0n) is 10.8. The van der Waals surface area contributed by atoms with Crippen LogP contribution in [0.2, 0.25) is 0 Å². The summed E-state index contributed by atoms with van der Waals surface area (Å²) in [5.41, 5.74) is 1.51. The summed E-state index contributed by atoms with van der Waals surface area (Å²) in [6, 6.07) is 0. The maximum absolute atomic E-state index is 2.50. The van der Waals surface area contributed by atoms with Gasteiger partial charge in [-0.15, -0.1) is 0 Å². The zero-order valence-corrected chi connectivity index (χ0v) is 10.8. The smallest absolute Gasteiger partial charge is 0.0274 e. The Balaban J connectivity index is 0.000000461. The molecule has 0 saturated heterocycles. The van der Waals surface area contributed by atoms with Crippen molar-refractivity contribution in [2.75, 3.05) is 0 Å². The summed E-state index contributed by atoms with van der Waals surface area (Å²) in [6.07, 6.45) is 9.06. The molecule has 3 rings (SSSR count). The molecule has 3 saturated carbocycles. The van der Waals surface area contributed by atoms with E-state index >= 15 is 0 Å². The summed E-state index contributed by atoms with van der Waals surface area (Å²) in [7, 11) is 0. The van der Waals surface area contributed by atoms with Crippen molar-refractivity contribution in [1.29, 1.82) is 0 Å². The van der Waals surface area contributed by atoms with Crippen LogP contribution in [0.5, 0.6) is 0 Å². The molecule has 3 aliphatic carbocycles. The SMILES string of the molecule is CC.CC(C)C12CCC(C)(CC1)CC2. The Kier molecular flexibility index (Phi) is 3.66. The van der Waals surface area contributed by atoms with E-state index in [-0.39, 0.29) is 0 Å². The third kappa shape index (κ3) is 1.99. The van der Waals surface area contributed by atoms with Crippen LogP contribution in [0, 0.1) is 16.7 Å². The van der Waals surface area contributed by atoms with Crippen molar-refractivity contribution in [3.8, 4) is 0 Å². The van der Waals surface area contributed by atoms with Crippen molar-refractivity contribution in [3.63, 3.8) is 0 Å². The minimum absolute atomic E-state index is 0.747. The monoisotopic (exact) mass is 196 g/mol. The molecule has 0 nitrogen and oxygen atoms in total. The van der Waals surface area contributed by atoms with Crippen LogP contribution < -0.4 is 0 Å². The summed E-state index contributed by atoms with van der Waals surface area (Å²) in [5, 5.41) is 0. The van der Waals surface area contributed by atoms with Gasteiger partial charge >= 0.3 is 0 Å². The Morgan fingerprint density at radius 1 is 0.786 bits per heavy atom. The Labute approximate surface area is 90.5 Å². The molecule has 3 aliphatic rings. The van der Waals surface area contributed by atoms with Crippen LogP contribution in [0.4, 0.5) is 0 Å². The van der Waals surface area contributed by atoms with Gasteiger partial charge in [0.15, 0.2) is 0 Å². The summed E-state index contributed by atoms with van der Waals surface area (Å²) in [6.45, 7) is 11.3. The largest absolute Gasteiger partial charge is 0.0683 e. The third-order valence-electron chi connectivity index (χ3n) is 4.90. The van der Waals surface area contributed by atoms with E-state index in [1.54, 1.807) is 0 Å². The summed E-state index contributed by atoms with van der Waals surface area (Å²) < 4.78 is 0. The average molecular weight is 196 g/mol. The van der Waals surface area contributed by atoms with Crippen LogP contribution in [-0.2, 0) is 0 Å². The highest BCUT2D eigenvalue weighted by Crippen LogP contribution is 2.59. The topological polar surface area (TPSA) is 0 Å². The maximum Gasteiger partial charge on any atom is -0.0274 e. The molecule has 0 aromatic heterocycles. The molecule has 0 aromatic carbocycles. The van der Waals surface area contributed by atoms with Gasteiger partial charge < -0.3 is 0 Å². The normalized spacial score (nSPS) is 40.7. The summed E-state index contributed by atoms with van der Waals surface area (Å²) >= 11 is 0. The molecule has 0 amide bonds. The second kappa shape index (κ2) is 4.24. The van der Waals surface area contributed by atoms with Crippen molar-refractivity contribution in [2.24, 2.45) is 16.7 Å². The zero-order chi connectivity index (χ0) is 10.8. The van der Waals surface area contributed by atoms with Gasteiger partial charge in [0.25, 0.3) is 0 Å². The van der Waals surface area contributed by atoms with Gasteiger partial charge in [-0.1, -0.05) is 34.6 Å². The highest BCUT2D eigenvalue weighted by Gasteiger charge is 2.47. The van der Waals surface area contributed by atoms with E-state index < -0.39 is 0 Å². The van der Waals surface area contributed by atoms with E-state index in [1.807, 2.05) is 13.8 Å². The van der Waals surface area contributed by atoms with Crippen molar-refractivity contribution in [3.05, 3.63) is 0 Å². The highest BCUT2D eigenvalue weighted by atomic mass is 14.5. The predicted molar refractivity (Wildman–Crippen MR) is 64.4 cm³/mol. The fraction of sp³-hybridized carbons (Fsp3) is 1.00. The molecule has 84 valence electrons. The molecular formula is C14H28. The van der Waals surface area contributed by atoms with Crippen LogP contribution in [-0.4, -0.2) is 0 Å². The first kappa shape index (κ1) is 12.1. The number of hydrogen-bond donors (Lipinski definition) is 0. The van der Waals surface area contributed by atoms with E-state index in [2.05, 4.69) is 20.8 Å². The predicted octanol–water partition coefficient (Wildman–Crippen LogP) is 5.03. The maximum atomic E-state index is 2.50. The van der Waals surface area contributed by atoms with Gasteiger partial charge in [0.1, 0.15) is 0 Å². The first-order valence-electron chi connectivity index (χ1n) is 6.56. The Morgan fingerprint density at radius 3 is 1.43 bits per heavy atom. The second-order valence-corrected chi connectivity index (χ2v) is 5.83. The third-order valence-corrected chi connectivity index (χ3v) is 4.90. The molecule has 0 atom stereocenters. The Hall–Kier alpha value is 0. The van der Waals surface area contributed by atoms with Crippen LogP contribution in [0.3, 0.4) is 0 Å².